The Labute approximate surface area is 257 Å². The fraction of sp³-hybridized carbons (Fsp3) is 0.759. The van der Waals surface area contributed by atoms with Gasteiger partial charge in [0.2, 0.25) is 0 Å². The number of benzene rings is 1. The molecule has 1 N–H and O–H groups in total. The van der Waals surface area contributed by atoms with Crippen molar-refractivity contribution in [1.82, 2.24) is 5.06 Å². The molecule has 3 fully saturated rings. The summed E-state index contributed by atoms with van der Waals surface area (Å²) in [6, 6.07) is 8.75. The van der Waals surface area contributed by atoms with Crippen molar-refractivity contribution in [3.63, 3.8) is 0 Å². The number of methoxy groups -OCH3 is 4. The van der Waals surface area contributed by atoms with Gasteiger partial charge in [0.05, 0.1) is 38.4 Å². The first-order valence-corrected chi connectivity index (χ1v) is 14.4. The number of ketones is 1. The van der Waals surface area contributed by atoms with E-state index in [1.807, 2.05) is 30.3 Å². The highest BCUT2D eigenvalue weighted by molar-refractivity contribution is 5.88. The van der Waals surface area contributed by atoms with E-state index in [1.165, 1.54) is 35.5 Å². The summed E-state index contributed by atoms with van der Waals surface area (Å²) < 4.78 is 62.7. The molecule has 3 saturated heterocycles. The van der Waals surface area contributed by atoms with Gasteiger partial charge in [-0.1, -0.05) is 30.3 Å². The maximum atomic E-state index is 13.9. The van der Waals surface area contributed by atoms with Gasteiger partial charge in [0.1, 0.15) is 63.8 Å². The molecule has 10 atom stereocenters. The smallest absolute Gasteiger partial charge is 0.177 e. The van der Waals surface area contributed by atoms with Crippen LogP contribution >= 0.6 is 0 Å². The second-order valence-electron chi connectivity index (χ2n) is 10.5. The summed E-state index contributed by atoms with van der Waals surface area (Å²) >= 11 is 0. The Balaban J connectivity index is 1.70. The van der Waals surface area contributed by atoms with Crippen LogP contribution in [0.25, 0.3) is 0 Å². The third kappa shape index (κ3) is 8.37. The van der Waals surface area contributed by atoms with Crippen molar-refractivity contribution in [2.75, 3.05) is 75.9 Å². The van der Waals surface area contributed by atoms with Crippen molar-refractivity contribution in [3.8, 4) is 0 Å². The number of carbonyl (C=O) groups is 1. The number of carbonyl (C=O) groups excluding carboxylic acids is 1. The lowest BCUT2D eigenvalue weighted by molar-refractivity contribution is -0.317. The van der Waals surface area contributed by atoms with Crippen molar-refractivity contribution < 1.29 is 66.8 Å². The van der Waals surface area contributed by atoms with E-state index in [4.69, 9.17) is 56.9 Å². The van der Waals surface area contributed by atoms with Gasteiger partial charge in [-0.05, 0) is 5.56 Å². The average molecular weight is 632 g/mol. The average Bonchev–Trinajstić information content (AvgIpc) is 3.48. The highest BCUT2D eigenvalue weighted by atomic mass is 16.7. The highest BCUT2D eigenvalue weighted by Crippen LogP contribution is 2.39. The molecule has 1 aromatic carbocycles. The van der Waals surface area contributed by atoms with E-state index < -0.39 is 61.0 Å². The summed E-state index contributed by atoms with van der Waals surface area (Å²) in [6.07, 6.45) is -7.71. The molecule has 0 spiro atoms. The van der Waals surface area contributed by atoms with Crippen molar-refractivity contribution in [2.24, 2.45) is 5.92 Å². The monoisotopic (exact) mass is 631 g/mol. The molecule has 3 heterocycles. The molecule has 44 heavy (non-hydrogen) atoms. The molecule has 3 aliphatic rings. The Morgan fingerprint density at radius 1 is 0.864 bits per heavy atom. The van der Waals surface area contributed by atoms with E-state index in [0.717, 1.165) is 5.56 Å². The van der Waals surface area contributed by atoms with Crippen LogP contribution in [0.5, 0.6) is 0 Å². The molecule has 0 aromatic heterocycles. The normalized spacial score (nSPS) is 32.8. The lowest BCUT2D eigenvalue weighted by Crippen LogP contribution is -2.68. The zero-order valence-electron chi connectivity index (χ0n) is 25.8. The van der Waals surface area contributed by atoms with Crippen molar-refractivity contribution >= 4 is 5.78 Å². The molecular formula is C29H45NO14. The standard InChI is InChI=1S/C29H45NO14/c1-33-14-38-12-20-25(40-15-34-2)27(41-16-35-3)28(42-17-36-4)26(43-20)24(32)21-22(29-39-13-19(44-29)23(21)31)30(37-5)11-18-9-7-6-8-10-18/h6-10,19-22,24-29,32H,11-17H2,1-5H3/t19-,20-,21+,22-,24-,25+,26+,27+,28+,29+/m1/s1. The van der Waals surface area contributed by atoms with Crippen LogP contribution in [0.2, 0.25) is 0 Å². The van der Waals surface area contributed by atoms with Crippen LogP contribution in [0.3, 0.4) is 0 Å². The molecule has 0 aliphatic carbocycles. The van der Waals surface area contributed by atoms with Gasteiger partial charge in [-0.25, -0.2) is 0 Å². The van der Waals surface area contributed by atoms with Crippen LogP contribution in [-0.4, -0.2) is 147 Å². The van der Waals surface area contributed by atoms with Crippen LogP contribution in [-0.2, 0) is 68.3 Å². The van der Waals surface area contributed by atoms with E-state index in [0.29, 0.717) is 6.54 Å². The quantitative estimate of drug-likeness (QED) is 0.125. The summed E-state index contributed by atoms with van der Waals surface area (Å²) in [7, 11) is 7.42. The van der Waals surface area contributed by atoms with Gasteiger partial charge >= 0.3 is 0 Å². The molecule has 1 aromatic rings. The third-order valence-corrected chi connectivity index (χ3v) is 7.74. The van der Waals surface area contributed by atoms with Crippen LogP contribution < -0.4 is 0 Å². The van der Waals surface area contributed by atoms with E-state index in [-0.39, 0.29) is 46.2 Å². The number of fused-ring (bicyclic) bond motifs is 2. The van der Waals surface area contributed by atoms with Gasteiger partial charge < -0.3 is 62.0 Å². The lowest BCUT2D eigenvalue weighted by Gasteiger charge is -2.49. The van der Waals surface area contributed by atoms with E-state index in [9.17, 15) is 9.90 Å². The molecule has 0 saturated carbocycles. The Morgan fingerprint density at radius 2 is 1.50 bits per heavy atom. The molecule has 4 rings (SSSR count). The molecule has 15 nitrogen and oxygen atoms in total. The van der Waals surface area contributed by atoms with E-state index >= 15 is 0 Å². The lowest BCUT2D eigenvalue weighted by atomic mass is 9.79. The third-order valence-electron chi connectivity index (χ3n) is 7.74. The Kier molecular flexibility index (Phi) is 14.3. The fourth-order valence-corrected chi connectivity index (χ4v) is 5.87. The number of aliphatic hydroxyl groups is 1. The number of hydrogen-bond donors (Lipinski definition) is 1. The summed E-state index contributed by atoms with van der Waals surface area (Å²) in [5.74, 6) is -1.41. The van der Waals surface area contributed by atoms with E-state index in [2.05, 4.69) is 0 Å². The molecule has 3 aliphatic heterocycles. The largest absolute Gasteiger partial charge is 0.389 e. The van der Waals surface area contributed by atoms with Crippen LogP contribution in [0.4, 0.5) is 0 Å². The number of hydrogen-bond acceptors (Lipinski definition) is 15. The minimum Gasteiger partial charge on any atom is -0.389 e. The summed E-state index contributed by atoms with van der Waals surface area (Å²) in [6.45, 7) is -0.0281. The predicted octanol–water partition coefficient (Wildman–Crippen LogP) is 0.0751. The molecule has 0 unspecified atom stereocenters. The van der Waals surface area contributed by atoms with Gasteiger partial charge in [0, 0.05) is 35.0 Å². The van der Waals surface area contributed by atoms with Gasteiger partial charge in [-0.2, -0.15) is 5.06 Å². The first-order valence-electron chi connectivity index (χ1n) is 14.4. The summed E-state index contributed by atoms with van der Waals surface area (Å²) in [5.41, 5.74) is 0.923. The Morgan fingerprint density at radius 3 is 2.14 bits per heavy atom. The van der Waals surface area contributed by atoms with Gasteiger partial charge in [-0.15, -0.1) is 0 Å². The number of aliphatic hydroxyl groups excluding tert-OH is 1. The van der Waals surface area contributed by atoms with Crippen molar-refractivity contribution in [2.45, 2.75) is 61.6 Å². The minimum absolute atomic E-state index is 0.00694. The van der Waals surface area contributed by atoms with Crippen LogP contribution in [0.15, 0.2) is 30.3 Å². The number of nitrogens with zero attached hydrogens (tertiary/aromatic N) is 1. The number of Topliss-reactive ketones (excluding diaryl/α,β-unsaturated/α-hetero) is 1. The summed E-state index contributed by atoms with van der Waals surface area (Å²) in [5, 5.41) is 13.8. The number of ether oxygens (including phenoxy) is 11. The minimum atomic E-state index is -1.44. The van der Waals surface area contributed by atoms with Crippen molar-refractivity contribution in [1.29, 1.82) is 0 Å². The zero-order valence-corrected chi connectivity index (χ0v) is 25.8. The zero-order chi connectivity index (χ0) is 31.5. The molecule has 2 bridgehead atoms. The van der Waals surface area contributed by atoms with Gasteiger partial charge in [0.15, 0.2) is 12.1 Å². The first kappa shape index (κ1) is 35.2. The van der Waals surface area contributed by atoms with Gasteiger partial charge in [0.25, 0.3) is 0 Å². The molecule has 0 radical (unpaired) electrons. The second kappa shape index (κ2) is 17.9. The SMILES string of the molecule is COCOC[C@H]1O[C@@H]([C@H](O)[C@@H]2C(=O)[C@H]3CO[C@@H](O3)[C@@H]2N(Cc2ccccc2)OC)[C@H](OCOC)[C@@H](OCOC)[C@H]1OCOC. The topological polar surface area (TPSA) is 151 Å². The molecule has 250 valence electrons. The molecule has 0 amide bonds. The molecule has 15 heteroatoms. The number of hydroxylamine groups is 2. The Bertz CT molecular complexity index is 975. The summed E-state index contributed by atoms with van der Waals surface area (Å²) in [4.78, 5) is 19.7. The van der Waals surface area contributed by atoms with Crippen LogP contribution in [0.1, 0.15) is 5.56 Å². The van der Waals surface area contributed by atoms with E-state index in [1.54, 1.807) is 5.06 Å². The maximum absolute atomic E-state index is 13.9. The number of rotatable bonds is 19. The predicted molar refractivity (Wildman–Crippen MR) is 149 cm³/mol. The Hall–Kier alpha value is -1.67. The second-order valence-corrected chi connectivity index (χ2v) is 10.5. The van der Waals surface area contributed by atoms with Gasteiger partial charge in [-0.3, -0.25) is 4.79 Å². The first-order chi connectivity index (χ1) is 21.5. The van der Waals surface area contributed by atoms with Crippen LogP contribution in [0, 0.1) is 5.92 Å². The maximum Gasteiger partial charge on any atom is 0.177 e. The molecular weight excluding hydrogens is 586 g/mol. The highest BCUT2D eigenvalue weighted by Gasteiger charge is 2.60. The van der Waals surface area contributed by atoms with Crippen molar-refractivity contribution in [3.05, 3.63) is 35.9 Å². The fourth-order valence-electron chi connectivity index (χ4n) is 5.87.